The quantitative estimate of drug-likeness (QED) is 0.308. The van der Waals surface area contributed by atoms with E-state index in [0.717, 1.165) is 0 Å². The monoisotopic (exact) mass is 280 g/mol. The van der Waals surface area contributed by atoms with E-state index in [1.54, 1.807) is 0 Å². The first-order valence-electron chi connectivity index (χ1n) is 6.05. The highest BCUT2D eigenvalue weighted by Gasteiger charge is 2.45. The molecule has 0 bridgehead atoms. The summed E-state index contributed by atoms with van der Waals surface area (Å²) in [4.78, 5) is 10.5. The van der Waals surface area contributed by atoms with Crippen molar-refractivity contribution < 1.29 is 40.2 Å². The van der Waals surface area contributed by atoms with Crippen molar-refractivity contribution in [3.63, 3.8) is 0 Å². The van der Waals surface area contributed by atoms with Crippen LogP contribution >= 0.6 is 0 Å². The fourth-order valence-electron chi connectivity index (χ4n) is 2.19. The molecule has 0 aromatic heterocycles. The molecule has 0 aromatic rings. The number of hydrogen-bond donors (Lipinski definition) is 6. The summed E-state index contributed by atoms with van der Waals surface area (Å²) >= 11 is 0. The highest BCUT2D eigenvalue weighted by molar-refractivity contribution is 5.66. The molecule has 0 radical (unpaired) electrons. The van der Waals surface area contributed by atoms with Crippen molar-refractivity contribution in [2.45, 2.75) is 43.4 Å². The highest BCUT2D eigenvalue weighted by Crippen LogP contribution is 2.28. The minimum atomic E-state index is -1.52. The molecule has 0 aromatic carbocycles. The molecule has 112 valence electrons. The van der Waals surface area contributed by atoms with Crippen LogP contribution in [0.1, 0.15) is 12.8 Å². The average Bonchev–Trinajstić information content (AvgIpc) is 2.38. The molecule has 1 rings (SSSR count). The lowest BCUT2D eigenvalue weighted by molar-refractivity contribution is -0.244. The van der Waals surface area contributed by atoms with Crippen LogP contribution in [0.5, 0.6) is 0 Å². The van der Waals surface area contributed by atoms with E-state index < -0.39 is 55.6 Å². The zero-order chi connectivity index (χ0) is 14.6. The van der Waals surface area contributed by atoms with E-state index >= 15 is 0 Å². The summed E-state index contributed by atoms with van der Waals surface area (Å²) < 4.78 is 5.25. The smallest absolute Gasteiger partial charge is 0.303 e. The van der Waals surface area contributed by atoms with E-state index in [1.165, 1.54) is 0 Å². The van der Waals surface area contributed by atoms with E-state index in [0.29, 0.717) is 0 Å². The van der Waals surface area contributed by atoms with Gasteiger partial charge in [-0.25, -0.2) is 0 Å². The van der Waals surface area contributed by atoms with Gasteiger partial charge in [0.15, 0.2) is 0 Å². The first kappa shape index (κ1) is 16.3. The van der Waals surface area contributed by atoms with Crippen LogP contribution in [-0.2, 0) is 9.53 Å². The van der Waals surface area contributed by atoms with Crippen LogP contribution in [0.4, 0.5) is 0 Å². The number of aliphatic hydroxyl groups is 5. The lowest BCUT2D eigenvalue weighted by Crippen LogP contribution is -2.60. The first-order valence-corrected chi connectivity index (χ1v) is 6.05. The van der Waals surface area contributed by atoms with E-state index in [4.69, 9.17) is 14.9 Å². The number of ether oxygens (including phenoxy) is 1. The van der Waals surface area contributed by atoms with Crippen molar-refractivity contribution in [3.8, 4) is 0 Å². The van der Waals surface area contributed by atoms with Crippen LogP contribution in [0.15, 0.2) is 0 Å². The molecule has 8 nitrogen and oxygen atoms in total. The van der Waals surface area contributed by atoms with Crippen LogP contribution in [0, 0.1) is 5.92 Å². The molecule has 1 fully saturated rings. The van der Waals surface area contributed by atoms with Crippen molar-refractivity contribution in [1.82, 2.24) is 0 Å². The molecule has 0 amide bonds. The van der Waals surface area contributed by atoms with Gasteiger partial charge in [-0.2, -0.15) is 0 Å². The fourth-order valence-corrected chi connectivity index (χ4v) is 2.19. The number of carboxylic acid groups (broad SMARTS) is 1. The maximum atomic E-state index is 10.5. The van der Waals surface area contributed by atoms with Crippen LogP contribution in [0.25, 0.3) is 0 Å². The number of hydrogen-bond acceptors (Lipinski definition) is 7. The number of aliphatic carboxylic acids is 1. The van der Waals surface area contributed by atoms with Crippen molar-refractivity contribution in [1.29, 1.82) is 0 Å². The minimum absolute atomic E-state index is 0.0501. The minimum Gasteiger partial charge on any atom is -0.481 e. The summed E-state index contributed by atoms with van der Waals surface area (Å²) in [6.07, 6.45) is -6.70. The van der Waals surface area contributed by atoms with Gasteiger partial charge in [-0.3, -0.25) is 4.79 Å². The van der Waals surface area contributed by atoms with Crippen LogP contribution < -0.4 is 0 Å². The zero-order valence-corrected chi connectivity index (χ0v) is 10.3. The molecule has 6 N–H and O–H groups in total. The predicted molar refractivity (Wildman–Crippen MR) is 61.2 cm³/mol. The molecule has 1 aliphatic heterocycles. The van der Waals surface area contributed by atoms with Gasteiger partial charge in [0.1, 0.15) is 24.4 Å². The van der Waals surface area contributed by atoms with Crippen molar-refractivity contribution in [2.24, 2.45) is 5.92 Å². The van der Waals surface area contributed by atoms with Gasteiger partial charge in [0.25, 0.3) is 0 Å². The number of rotatable bonds is 6. The van der Waals surface area contributed by atoms with Gasteiger partial charge in [-0.1, -0.05) is 0 Å². The Morgan fingerprint density at radius 2 is 1.74 bits per heavy atom. The second kappa shape index (κ2) is 7.13. The molecule has 8 heteroatoms. The standard InChI is InChI=1S/C11H20O8/c12-3-5(1-2-7(14)15)11-10(18)9(17)8(16)6(4-13)19-11/h5-6,8-13,16-18H,1-4H2,(H,14,15)/t5?,6-,8-,9+,10-,11+/m1/s1. The highest BCUT2D eigenvalue weighted by atomic mass is 16.5. The summed E-state index contributed by atoms with van der Waals surface area (Å²) in [7, 11) is 0. The van der Waals surface area contributed by atoms with Crippen LogP contribution in [0.3, 0.4) is 0 Å². The predicted octanol–water partition coefficient (Wildman–Crippen LogP) is -2.70. The van der Waals surface area contributed by atoms with Crippen molar-refractivity contribution >= 4 is 5.97 Å². The molecule has 1 saturated heterocycles. The van der Waals surface area contributed by atoms with Crippen LogP contribution in [0.2, 0.25) is 0 Å². The third-order valence-corrected chi connectivity index (χ3v) is 3.36. The molecule has 0 aliphatic carbocycles. The number of aliphatic hydroxyl groups excluding tert-OH is 5. The van der Waals surface area contributed by atoms with Gasteiger partial charge < -0.3 is 35.4 Å². The third kappa shape index (κ3) is 3.85. The second-order valence-corrected chi connectivity index (χ2v) is 4.67. The molecule has 1 aliphatic rings. The lowest BCUT2D eigenvalue weighted by atomic mass is 9.86. The molecule has 0 spiro atoms. The topological polar surface area (TPSA) is 148 Å². The normalized spacial score (nSPS) is 37.0. The SMILES string of the molecule is O=C(O)CCC(CO)[C@@H]1O[C@H](CO)[C@@H](O)[C@H](O)[C@H]1O. The van der Waals surface area contributed by atoms with Crippen molar-refractivity contribution in [2.75, 3.05) is 13.2 Å². The number of carbonyl (C=O) groups is 1. The summed E-state index contributed by atoms with van der Waals surface area (Å²) in [5.41, 5.74) is 0. The molecule has 19 heavy (non-hydrogen) atoms. The third-order valence-electron chi connectivity index (χ3n) is 3.36. The summed E-state index contributed by atoms with van der Waals surface area (Å²) in [6.45, 7) is -0.992. The molecule has 1 unspecified atom stereocenters. The summed E-state index contributed by atoms with van der Waals surface area (Å²) in [6, 6.07) is 0. The Labute approximate surface area is 109 Å². The summed E-state index contributed by atoms with van der Waals surface area (Å²) in [5.74, 6) is -1.76. The zero-order valence-electron chi connectivity index (χ0n) is 10.3. The van der Waals surface area contributed by atoms with Crippen molar-refractivity contribution in [3.05, 3.63) is 0 Å². The van der Waals surface area contributed by atoms with Gasteiger partial charge in [0.2, 0.25) is 0 Å². The molecular formula is C11H20O8. The Bertz CT molecular complexity index is 294. The summed E-state index contributed by atoms with van der Waals surface area (Å²) in [5, 5.41) is 55.9. The molecule has 6 atom stereocenters. The molecule has 0 saturated carbocycles. The first-order chi connectivity index (χ1) is 8.92. The van der Waals surface area contributed by atoms with E-state index in [9.17, 15) is 25.2 Å². The Kier molecular flexibility index (Phi) is 6.11. The van der Waals surface area contributed by atoms with Gasteiger partial charge in [0, 0.05) is 18.9 Å². The maximum Gasteiger partial charge on any atom is 0.303 e. The maximum absolute atomic E-state index is 10.5. The number of carboxylic acids is 1. The molecule has 1 heterocycles. The molecular weight excluding hydrogens is 260 g/mol. The van der Waals surface area contributed by atoms with E-state index in [2.05, 4.69) is 0 Å². The fraction of sp³-hybridized carbons (Fsp3) is 0.909. The van der Waals surface area contributed by atoms with Gasteiger partial charge >= 0.3 is 5.97 Å². The van der Waals surface area contributed by atoms with Gasteiger partial charge in [-0.05, 0) is 6.42 Å². The largest absolute Gasteiger partial charge is 0.481 e. The van der Waals surface area contributed by atoms with E-state index in [-0.39, 0.29) is 12.8 Å². The van der Waals surface area contributed by atoms with Gasteiger partial charge in [0.05, 0.1) is 12.7 Å². The Balaban J connectivity index is 2.74. The van der Waals surface area contributed by atoms with Gasteiger partial charge in [-0.15, -0.1) is 0 Å². The van der Waals surface area contributed by atoms with E-state index in [1.807, 2.05) is 0 Å². The Morgan fingerprint density at radius 1 is 1.11 bits per heavy atom. The van der Waals surface area contributed by atoms with Crippen LogP contribution in [-0.4, -0.2) is 80.3 Å². The lowest BCUT2D eigenvalue weighted by Gasteiger charge is -2.42. The average molecular weight is 280 g/mol. The Morgan fingerprint density at radius 3 is 2.21 bits per heavy atom. The second-order valence-electron chi connectivity index (χ2n) is 4.67. The Hall–Kier alpha value is -0.770.